The number of nitrogens with two attached hydrogens (primary N) is 1. The molecule has 0 aliphatic carbocycles. The van der Waals surface area contributed by atoms with Gasteiger partial charge in [-0.15, -0.1) is 5.10 Å². The zero-order chi connectivity index (χ0) is 15.0. The molecule has 7 nitrogen and oxygen atoms in total. The van der Waals surface area contributed by atoms with Crippen LogP contribution in [-0.2, 0) is 6.54 Å². The molecule has 20 heavy (non-hydrogen) atoms. The van der Waals surface area contributed by atoms with Gasteiger partial charge in [0.15, 0.2) is 5.69 Å². The summed E-state index contributed by atoms with van der Waals surface area (Å²) in [6.07, 6.45) is 5.14. The minimum Gasteiger partial charge on any atom is -0.299 e. The van der Waals surface area contributed by atoms with E-state index in [0.29, 0.717) is 6.04 Å². The largest absolute Gasteiger partial charge is 0.299 e. The van der Waals surface area contributed by atoms with Gasteiger partial charge in [-0.05, 0) is 26.3 Å². The van der Waals surface area contributed by atoms with Crippen molar-refractivity contribution in [3.63, 3.8) is 0 Å². The first-order valence-electron chi connectivity index (χ1n) is 7.27. The molecule has 1 aromatic rings. The Kier molecular flexibility index (Phi) is 7.17. The van der Waals surface area contributed by atoms with Crippen LogP contribution in [0.1, 0.15) is 50.5 Å². The highest BCUT2D eigenvalue weighted by atomic mass is 16.2. The zero-order valence-corrected chi connectivity index (χ0v) is 12.7. The normalized spacial score (nSPS) is 12.7. The second kappa shape index (κ2) is 8.65. The predicted molar refractivity (Wildman–Crippen MR) is 77.9 cm³/mol. The molecule has 0 saturated carbocycles. The first kappa shape index (κ1) is 16.6. The van der Waals surface area contributed by atoms with Gasteiger partial charge in [-0.2, -0.15) is 0 Å². The van der Waals surface area contributed by atoms with Crippen molar-refractivity contribution >= 4 is 5.91 Å². The van der Waals surface area contributed by atoms with Gasteiger partial charge in [0.1, 0.15) is 0 Å². The lowest BCUT2D eigenvalue weighted by Crippen LogP contribution is -2.36. The standard InChI is InChI=1S/C13H26N6O/c1-4-6-7-18(11(3)5-2)8-9-19-10-12(16-17-19)13(20)15-14/h10-11H,4-9,14H2,1-3H3,(H,15,20). The number of aromatic nitrogens is 3. The lowest BCUT2D eigenvalue weighted by molar-refractivity contribution is 0.0948. The van der Waals surface area contributed by atoms with Crippen LogP contribution in [0.25, 0.3) is 0 Å². The summed E-state index contributed by atoms with van der Waals surface area (Å²) in [5.41, 5.74) is 2.30. The van der Waals surface area contributed by atoms with E-state index < -0.39 is 5.91 Å². The third-order valence-electron chi connectivity index (χ3n) is 3.53. The number of rotatable bonds is 9. The van der Waals surface area contributed by atoms with Gasteiger partial charge in [-0.3, -0.25) is 19.8 Å². The smallest absolute Gasteiger partial charge is 0.287 e. The van der Waals surface area contributed by atoms with E-state index in [0.717, 1.165) is 26.1 Å². The van der Waals surface area contributed by atoms with Crippen molar-refractivity contribution in [1.82, 2.24) is 25.3 Å². The van der Waals surface area contributed by atoms with Gasteiger partial charge in [0.05, 0.1) is 12.7 Å². The summed E-state index contributed by atoms with van der Waals surface area (Å²) in [6, 6.07) is 0.553. The van der Waals surface area contributed by atoms with Crippen LogP contribution in [0.15, 0.2) is 6.20 Å². The van der Waals surface area contributed by atoms with Gasteiger partial charge >= 0.3 is 0 Å². The average molecular weight is 282 g/mol. The molecule has 1 amide bonds. The summed E-state index contributed by atoms with van der Waals surface area (Å²) in [7, 11) is 0. The van der Waals surface area contributed by atoms with Gasteiger partial charge < -0.3 is 0 Å². The minimum absolute atomic E-state index is 0.246. The molecule has 114 valence electrons. The second-order valence-corrected chi connectivity index (χ2v) is 4.99. The Bertz CT molecular complexity index is 405. The molecule has 0 aliphatic heterocycles. The van der Waals surface area contributed by atoms with Crippen molar-refractivity contribution in [3.05, 3.63) is 11.9 Å². The molecule has 0 aromatic carbocycles. The topological polar surface area (TPSA) is 89.1 Å². The Labute approximate surface area is 120 Å². The molecule has 0 bridgehead atoms. The minimum atomic E-state index is -0.416. The monoisotopic (exact) mass is 282 g/mol. The highest BCUT2D eigenvalue weighted by Gasteiger charge is 2.13. The predicted octanol–water partition coefficient (Wildman–Crippen LogP) is 0.782. The number of hydrogen-bond acceptors (Lipinski definition) is 5. The summed E-state index contributed by atoms with van der Waals surface area (Å²) < 4.78 is 1.69. The third-order valence-corrected chi connectivity index (χ3v) is 3.53. The van der Waals surface area contributed by atoms with E-state index in [1.165, 1.54) is 12.8 Å². The maximum atomic E-state index is 11.3. The molecule has 0 aliphatic rings. The molecule has 0 radical (unpaired) electrons. The fourth-order valence-corrected chi connectivity index (χ4v) is 1.99. The summed E-state index contributed by atoms with van der Waals surface area (Å²) in [6.45, 7) is 9.36. The van der Waals surface area contributed by atoms with Crippen molar-refractivity contribution in [3.8, 4) is 0 Å². The molecule has 7 heteroatoms. The number of carbonyl (C=O) groups is 1. The number of nitrogens with zero attached hydrogens (tertiary/aromatic N) is 4. The molecule has 0 fully saturated rings. The van der Waals surface area contributed by atoms with Crippen LogP contribution in [0, 0.1) is 0 Å². The van der Waals surface area contributed by atoms with Crippen LogP contribution in [0.4, 0.5) is 0 Å². The van der Waals surface area contributed by atoms with Crippen LogP contribution < -0.4 is 11.3 Å². The maximum Gasteiger partial charge on any atom is 0.287 e. The molecular formula is C13H26N6O. The van der Waals surface area contributed by atoms with Gasteiger partial charge in [0.25, 0.3) is 5.91 Å². The quantitative estimate of drug-likeness (QED) is 0.397. The van der Waals surface area contributed by atoms with Crippen LogP contribution in [0.3, 0.4) is 0 Å². The van der Waals surface area contributed by atoms with E-state index in [2.05, 4.69) is 36.0 Å². The molecule has 3 N–H and O–H groups in total. The Hall–Kier alpha value is -1.47. The molecule has 0 saturated heterocycles. The number of amides is 1. The van der Waals surface area contributed by atoms with Gasteiger partial charge in [-0.1, -0.05) is 25.5 Å². The number of carbonyl (C=O) groups excluding carboxylic acids is 1. The molecule has 1 unspecified atom stereocenters. The van der Waals surface area contributed by atoms with E-state index >= 15 is 0 Å². The highest BCUT2D eigenvalue weighted by molar-refractivity contribution is 5.91. The summed E-state index contributed by atoms with van der Waals surface area (Å²) >= 11 is 0. The van der Waals surface area contributed by atoms with E-state index in [1.807, 2.05) is 5.43 Å². The SMILES string of the molecule is CCCCN(CCn1cc(C(=O)NN)nn1)C(C)CC. The van der Waals surface area contributed by atoms with E-state index in [9.17, 15) is 4.79 Å². The Morgan fingerprint density at radius 1 is 1.50 bits per heavy atom. The Balaban J connectivity index is 2.53. The molecule has 0 spiro atoms. The van der Waals surface area contributed by atoms with Crippen molar-refractivity contribution in [2.75, 3.05) is 13.1 Å². The Morgan fingerprint density at radius 2 is 2.25 bits per heavy atom. The first-order valence-corrected chi connectivity index (χ1v) is 7.27. The van der Waals surface area contributed by atoms with Crippen LogP contribution >= 0.6 is 0 Å². The third kappa shape index (κ3) is 4.90. The number of hydrogen-bond donors (Lipinski definition) is 2. The van der Waals surface area contributed by atoms with Gasteiger partial charge in [0, 0.05) is 12.6 Å². The Morgan fingerprint density at radius 3 is 2.85 bits per heavy atom. The molecule has 1 heterocycles. The summed E-state index contributed by atoms with van der Waals surface area (Å²) in [5, 5.41) is 7.74. The number of hydrazine groups is 1. The number of nitrogen functional groups attached to an aromatic ring is 1. The molecule has 1 aromatic heterocycles. The number of nitrogens with one attached hydrogen (secondary N) is 1. The average Bonchev–Trinajstić information content (AvgIpc) is 2.94. The first-order chi connectivity index (χ1) is 9.62. The number of unbranched alkanes of at least 4 members (excludes halogenated alkanes) is 1. The van der Waals surface area contributed by atoms with Crippen molar-refractivity contribution in [2.24, 2.45) is 5.84 Å². The van der Waals surface area contributed by atoms with E-state index in [1.54, 1.807) is 10.9 Å². The van der Waals surface area contributed by atoms with E-state index in [4.69, 9.17) is 5.84 Å². The summed E-state index contributed by atoms with van der Waals surface area (Å²) in [5.74, 6) is 4.65. The molecule has 1 atom stereocenters. The van der Waals surface area contributed by atoms with Gasteiger partial charge in [0.2, 0.25) is 0 Å². The fraction of sp³-hybridized carbons (Fsp3) is 0.769. The lowest BCUT2D eigenvalue weighted by Gasteiger charge is -2.28. The second-order valence-electron chi connectivity index (χ2n) is 4.99. The van der Waals surface area contributed by atoms with E-state index in [-0.39, 0.29) is 5.69 Å². The van der Waals surface area contributed by atoms with Crippen molar-refractivity contribution in [1.29, 1.82) is 0 Å². The van der Waals surface area contributed by atoms with Crippen molar-refractivity contribution < 1.29 is 4.79 Å². The molecule has 1 rings (SSSR count). The maximum absolute atomic E-state index is 11.3. The van der Waals surface area contributed by atoms with Crippen LogP contribution in [0.2, 0.25) is 0 Å². The highest BCUT2D eigenvalue weighted by Crippen LogP contribution is 2.06. The fourth-order valence-electron chi connectivity index (χ4n) is 1.99. The van der Waals surface area contributed by atoms with Crippen LogP contribution in [-0.4, -0.2) is 44.9 Å². The molecular weight excluding hydrogens is 256 g/mol. The lowest BCUT2D eigenvalue weighted by atomic mass is 10.2. The van der Waals surface area contributed by atoms with Gasteiger partial charge in [-0.25, -0.2) is 5.84 Å². The summed E-state index contributed by atoms with van der Waals surface area (Å²) in [4.78, 5) is 13.8. The van der Waals surface area contributed by atoms with Crippen molar-refractivity contribution in [2.45, 2.75) is 52.6 Å². The zero-order valence-electron chi connectivity index (χ0n) is 12.7. The van der Waals surface area contributed by atoms with Crippen LogP contribution in [0.5, 0.6) is 0 Å².